The highest BCUT2D eigenvalue weighted by atomic mass is 19.1. The number of ether oxygens (including phenoxy) is 1. The number of rotatable bonds is 4. The molecule has 5 nitrogen and oxygen atoms in total. The minimum Gasteiger partial charge on any atom is -0.484 e. The molecular weight excluding hydrogens is 249 g/mol. The van der Waals surface area contributed by atoms with Crippen molar-refractivity contribution in [3.63, 3.8) is 0 Å². The highest BCUT2D eigenvalue weighted by Crippen LogP contribution is 2.19. The van der Waals surface area contributed by atoms with Crippen molar-refractivity contribution in [2.75, 3.05) is 13.1 Å². The van der Waals surface area contributed by atoms with Crippen molar-refractivity contribution in [2.45, 2.75) is 18.9 Å². The zero-order chi connectivity index (χ0) is 13.1. The summed E-state index contributed by atoms with van der Waals surface area (Å²) in [6.45, 7) is 2.07. The minimum absolute atomic E-state index is 0.193. The molecule has 0 spiro atoms. The number of hydrogen-bond acceptors (Lipinski definition) is 5. The maximum atomic E-state index is 12.7. The van der Waals surface area contributed by atoms with Crippen molar-refractivity contribution in [1.82, 2.24) is 15.5 Å². The van der Waals surface area contributed by atoms with E-state index in [9.17, 15) is 4.39 Å². The van der Waals surface area contributed by atoms with Gasteiger partial charge in [0.25, 0.3) is 5.89 Å². The van der Waals surface area contributed by atoms with Crippen LogP contribution in [-0.4, -0.2) is 23.2 Å². The largest absolute Gasteiger partial charge is 0.484 e. The summed E-state index contributed by atoms with van der Waals surface area (Å²) in [6.07, 6.45) is 1.03. The lowest BCUT2D eigenvalue weighted by atomic mass is 10.1. The number of aromatic nitrogens is 2. The van der Waals surface area contributed by atoms with E-state index in [1.165, 1.54) is 12.1 Å². The molecule has 100 valence electrons. The molecule has 2 heterocycles. The van der Waals surface area contributed by atoms with E-state index in [0.717, 1.165) is 25.3 Å². The molecule has 2 aromatic rings. The molecule has 1 saturated heterocycles. The third kappa shape index (κ3) is 2.90. The van der Waals surface area contributed by atoms with Gasteiger partial charge in [-0.1, -0.05) is 5.16 Å². The molecule has 3 rings (SSSR count). The maximum absolute atomic E-state index is 12.7. The molecule has 6 heteroatoms. The number of halogens is 1. The van der Waals surface area contributed by atoms with Gasteiger partial charge in [0.15, 0.2) is 12.4 Å². The quantitative estimate of drug-likeness (QED) is 0.912. The first-order valence-electron chi connectivity index (χ1n) is 6.23. The van der Waals surface area contributed by atoms with E-state index in [1.54, 1.807) is 12.1 Å². The van der Waals surface area contributed by atoms with Gasteiger partial charge >= 0.3 is 0 Å². The first-order chi connectivity index (χ1) is 9.31. The van der Waals surface area contributed by atoms with Gasteiger partial charge in [0.2, 0.25) is 0 Å². The van der Waals surface area contributed by atoms with Crippen LogP contribution in [0.15, 0.2) is 28.8 Å². The summed E-state index contributed by atoms with van der Waals surface area (Å²) in [6, 6.07) is 5.82. The predicted octanol–water partition coefficient (Wildman–Crippen LogP) is 1.86. The van der Waals surface area contributed by atoms with Crippen LogP contribution in [-0.2, 0) is 6.61 Å². The van der Waals surface area contributed by atoms with Gasteiger partial charge in [0, 0.05) is 12.5 Å². The van der Waals surface area contributed by atoms with E-state index in [1.807, 2.05) is 0 Å². The molecule has 1 unspecified atom stereocenters. The molecule has 0 radical (unpaired) electrons. The third-order valence-corrected chi connectivity index (χ3v) is 3.09. The van der Waals surface area contributed by atoms with Gasteiger partial charge in [-0.05, 0) is 37.2 Å². The third-order valence-electron chi connectivity index (χ3n) is 3.09. The molecule has 1 aromatic carbocycles. The van der Waals surface area contributed by atoms with Crippen LogP contribution in [0.5, 0.6) is 5.75 Å². The van der Waals surface area contributed by atoms with Crippen LogP contribution in [0.4, 0.5) is 4.39 Å². The van der Waals surface area contributed by atoms with Gasteiger partial charge in [-0.25, -0.2) is 4.39 Å². The molecule has 0 bridgehead atoms. The fourth-order valence-corrected chi connectivity index (χ4v) is 2.04. The fourth-order valence-electron chi connectivity index (χ4n) is 2.04. The molecule has 1 aliphatic heterocycles. The summed E-state index contributed by atoms with van der Waals surface area (Å²) in [4.78, 5) is 4.31. The normalized spacial score (nSPS) is 18.7. The Bertz CT molecular complexity index is 535. The summed E-state index contributed by atoms with van der Waals surface area (Å²) in [5, 5.41) is 7.21. The SMILES string of the molecule is Fc1ccc(OCc2nc(C3CCNC3)no2)cc1. The molecule has 1 aliphatic rings. The van der Waals surface area contributed by atoms with E-state index in [0.29, 0.717) is 17.6 Å². The van der Waals surface area contributed by atoms with Crippen molar-refractivity contribution in [1.29, 1.82) is 0 Å². The first kappa shape index (κ1) is 12.1. The van der Waals surface area contributed by atoms with Crippen LogP contribution in [0.2, 0.25) is 0 Å². The lowest BCUT2D eigenvalue weighted by Crippen LogP contribution is -2.08. The zero-order valence-electron chi connectivity index (χ0n) is 10.3. The van der Waals surface area contributed by atoms with Crippen LogP contribution in [0, 0.1) is 5.82 Å². The second kappa shape index (κ2) is 5.36. The van der Waals surface area contributed by atoms with Gasteiger partial charge in [-0.2, -0.15) is 4.98 Å². The van der Waals surface area contributed by atoms with Gasteiger partial charge in [-0.15, -0.1) is 0 Å². The van der Waals surface area contributed by atoms with E-state index in [4.69, 9.17) is 9.26 Å². The lowest BCUT2D eigenvalue weighted by molar-refractivity contribution is 0.242. The van der Waals surface area contributed by atoms with Gasteiger partial charge in [-0.3, -0.25) is 0 Å². The van der Waals surface area contributed by atoms with Gasteiger partial charge < -0.3 is 14.6 Å². The molecular formula is C13H14FN3O2. The lowest BCUT2D eigenvalue weighted by Gasteiger charge is -2.02. The average molecular weight is 263 g/mol. The van der Waals surface area contributed by atoms with Crippen molar-refractivity contribution >= 4 is 0 Å². The Hall–Kier alpha value is -1.95. The number of nitrogens with one attached hydrogen (secondary N) is 1. The fraction of sp³-hybridized carbons (Fsp3) is 0.385. The molecule has 1 aromatic heterocycles. The van der Waals surface area contributed by atoms with Crippen LogP contribution in [0.1, 0.15) is 24.1 Å². The molecule has 0 aliphatic carbocycles. The molecule has 1 atom stereocenters. The molecule has 1 fully saturated rings. The van der Waals surface area contributed by atoms with Crippen molar-refractivity contribution < 1.29 is 13.7 Å². The van der Waals surface area contributed by atoms with Gasteiger partial charge in [0.05, 0.1) is 0 Å². The summed E-state index contributed by atoms with van der Waals surface area (Å²) in [5.74, 6) is 1.77. The molecule has 19 heavy (non-hydrogen) atoms. The predicted molar refractivity (Wildman–Crippen MR) is 65.3 cm³/mol. The van der Waals surface area contributed by atoms with Crippen molar-refractivity contribution in [3.05, 3.63) is 41.8 Å². The van der Waals surface area contributed by atoms with Crippen LogP contribution >= 0.6 is 0 Å². The second-order valence-corrected chi connectivity index (χ2v) is 4.48. The Kier molecular flexibility index (Phi) is 3.41. The van der Waals surface area contributed by atoms with Gasteiger partial charge in [0.1, 0.15) is 11.6 Å². The molecule has 1 N–H and O–H groups in total. The average Bonchev–Trinajstić information content (AvgIpc) is 3.09. The summed E-state index contributed by atoms with van der Waals surface area (Å²) >= 11 is 0. The zero-order valence-corrected chi connectivity index (χ0v) is 10.3. The minimum atomic E-state index is -0.291. The second-order valence-electron chi connectivity index (χ2n) is 4.48. The Morgan fingerprint density at radius 1 is 1.37 bits per heavy atom. The van der Waals surface area contributed by atoms with E-state index >= 15 is 0 Å². The van der Waals surface area contributed by atoms with Crippen LogP contribution in [0.3, 0.4) is 0 Å². The smallest absolute Gasteiger partial charge is 0.264 e. The van der Waals surface area contributed by atoms with E-state index < -0.39 is 0 Å². The summed E-state index contributed by atoms with van der Waals surface area (Å²) in [7, 11) is 0. The topological polar surface area (TPSA) is 60.2 Å². The number of nitrogens with zero attached hydrogens (tertiary/aromatic N) is 2. The molecule has 0 amide bonds. The number of benzene rings is 1. The van der Waals surface area contributed by atoms with Crippen LogP contribution in [0.25, 0.3) is 0 Å². The Morgan fingerprint density at radius 2 is 2.21 bits per heavy atom. The highest BCUT2D eigenvalue weighted by molar-refractivity contribution is 5.22. The monoisotopic (exact) mass is 263 g/mol. The summed E-state index contributed by atoms with van der Waals surface area (Å²) < 4.78 is 23.3. The van der Waals surface area contributed by atoms with Crippen molar-refractivity contribution in [3.8, 4) is 5.75 Å². The Morgan fingerprint density at radius 3 is 2.95 bits per heavy atom. The Balaban J connectivity index is 1.59. The first-order valence-corrected chi connectivity index (χ1v) is 6.23. The summed E-state index contributed by atoms with van der Waals surface area (Å²) in [5.41, 5.74) is 0. The van der Waals surface area contributed by atoms with Crippen LogP contribution < -0.4 is 10.1 Å². The van der Waals surface area contributed by atoms with E-state index in [-0.39, 0.29) is 12.4 Å². The van der Waals surface area contributed by atoms with E-state index in [2.05, 4.69) is 15.5 Å². The van der Waals surface area contributed by atoms with Crippen molar-refractivity contribution in [2.24, 2.45) is 0 Å². The number of hydrogen-bond donors (Lipinski definition) is 1. The Labute approximate surface area is 109 Å². The maximum Gasteiger partial charge on any atom is 0.264 e. The molecule has 0 saturated carbocycles. The standard InChI is InChI=1S/C13H14FN3O2/c14-10-1-3-11(4-2-10)18-8-12-16-13(17-19-12)9-5-6-15-7-9/h1-4,9,15H,5-8H2. The highest BCUT2D eigenvalue weighted by Gasteiger charge is 2.22.